The molecule has 1 aliphatic heterocycles. The smallest absolute Gasteiger partial charge is 0.152 e. The molecule has 0 aliphatic carbocycles. The zero-order chi connectivity index (χ0) is 14.0. The van der Waals surface area contributed by atoms with Gasteiger partial charge >= 0.3 is 0 Å². The lowest BCUT2D eigenvalue weighted by molar-refractivity contribution is 0.485. The Balaban J connectivity index is 2.17. The van der Waals surface area contributed by atoms with E-state index in [0.29, 0.717) is 12.2 Å². The molecule has 0 bridgehead atoms. The lowest BCUT2D eigenvalue weighted by atomic mass is 10.1. The zero-order valence-corrected chi connectivity index (χ0v) is 12.8. The minimum absolute atomic E-state index is 0.0294. The van der Waals surface area contributed by atoms with Gasteiger partial charge in [0.2, 0.25) is 0 Å². The quantitative estimate of drug-likeness (QED) is 0.820. The number of aromatic nitrogens is 2. The number of hydrogen-bond acceptors (Lipinski definition) is 4. The van der Waals surface area contributed by atoms with Crippen molar-refractivity contribution >= 4 is 9.84 Å². The predicted octanol–water partition coefficient (Wildman–Crippen LogP) is 1.01. The maximum atomic E-state index is 11.6. The summed E-state index contributed by atoms with van der Waals surface area (Å²) in [6, 6.07) is 0.0294. The van der Waals surface area contributed by atoms with Gasteiger partial charge in [-0.3, -0.25) is 4.68 Å². The predicted molar refractivity (Wildman–Crippen MR) is 76.3 cm³/mol. The third-order valence-electron chi connectivity index (χ3n) is 3.88. The molecule has 1 atom stereocenters. The van der Waals surface area contributed by atoms with Crippen LogP contribution in [0.2, 0.25) is 0 Å². The molecule has 1 saturated heterocycles. The Morgan fingerprint density at radius 1 is 1.42 bits per heavy atom. The van der Waals surface area contributed by atoms with Crippen LogP contribution in [0.1, 0.15) is 35.8 Å². The fourth-order valence-corrected chi connectivity index (χ4v) is 4.52. The average molecular weight is 285 g/mol. The topological polar surface area (TPSA) is 64.0 Å². The van der Waals surface area contributed by atoms with Crippen molar-refractivity contribution in [2.45, 2.75) is 39.2 Å². The van der Waals surface area contributed by atoms with Gasteiger partial charge < -0.3 is 5.32 Å². The van der Waals surface area contributed by atoms with Crippen LogP contribution in [0.4, 0.5) is 0 Å². The number of nitrogens with one attached hydrogen (secondary N) is 1. The van der Waals surface area contributed by atoms with E-state index in [1.54, 1.807) is 0 Å². The van der Waals surface area contributed by atoms with Crippen molar-refractivity contribution < 1.29 is 8.42 Å². The molecule has 108 valence electrons. The van der Waals surface area contributed by atoms with Crippen LogP contribution in [-0.4, -0.2) is 43.3 Å². The van der Waals surface area contributed by atoms with Gasteiger partial charge in [-0.2, -0.15) is 5.10 Å². The molecule has 0 radical (unpaired) electrons. The first-order valence-electron chi connectivity index (χ1n) is 6.84. The standard InChI is InChI=1S/C13H23N3O2S/c1-10-13(5-4-7-14-3)11(2)16(15-10)12-6-8-19(17,18)9-12/h12,14H,4-9H2,1-3H3. The summed E-state index contributed by atoms with van der Waals surface area (Å²) in [4.78, 5) is 0. The van der Waals surface area contributed by atoms with Crippen LogP contribution < -0.4 is 5.32 Å². The van der Waals surface area contributed by atoms with Crippen LogP contribution in [0, 0.1) is 13.8 Å². The molecule has 19 heavy (non-hydrogen) atoms. The van der Waals surface area contributed by atoms with Crippen molar-refractivity contribution in [3.63, 3.8) is 0 Å². The highest BCUT2D eigenvalue weighted by Crippen LogP contribution is 2.27. The second kappa shape index (κ2) is 5.63. The molecule has 1 unspecified atom stereocenters. The number of aryl methyl sites for hydroxylation is 1. The number of hydrogen-bond donors (Lipinski definition) is 1. The van der Waals surface area contributed by atoms with Gasteiger partial charge in [0.1, 0.15) is 0 Å². The molecule has 1 aromatic heterocycles. The lowest BCUT2D eigenvalue weighted by Crippen LogP contribution is -2.14. The highest BCUT2D eigenvalue weighted by Gasteiger charge is 2.31. The van der Waals surface area contributed by atoms with E-state index >= 15 is 0 Å². The fraction of sp³-hybridized carbons (Fsp3) is 0.769. The average Bonchev–Trinajstić information content (AvgIpc) is 2.83. The van der Waals surface area contributed by atoms with E-state index in [4.69, 9.17) is 0 Å². The van der Waals surface area contributed by atoms with E-state index in [2.05, 4.69) is 17.3 Å². The monoisotopic (exact) mass is 285 g/mol. The van der Waals surface area contributed by atoms with Gasteiger partial charge in [0.05, 0.1) is 23.2 Å². The van der Waals surface area contributed by atoms with E-state index in [1.807, 2.05) is 18.7 Å². The van der Waals surface area contributed by atoms with E-state index in [1.165, 1.54) is 5.56 Å². The minimum atomic E-state index is -2.86. The second-order valence-corrected chi connectivity index (χ2v) is 7.59. The number of rotatable bonds is 5. The molecule has 0 spiro atoms. The van der Waals surface area contributed by atoms with Crippen LogP contribution in [0.5, 0.6) is 0 Å². The van der Waals surface area contributed by atoms with Crippen LogP contribution >= 0.6 is 0 Å². The normalized spacial score (nSPS) is 21.9. The third-order valence-corrected chi connectivity index (χ3v) is 5.63. The molecule has 1 N–H and O–H groups in total. The molecular formula is C13H23N3O2S. The molecule has 0 aromatic carbocycles. The van der Waals surface area contributed by atoms with Gasteiger partial charge in [0.25, 0.3) is 0 Å². The Bertz CT molecular complexity index is 548. The summed E-state index contributed by atoms with van der Waals surface area (Å²) < 4.78 is 25.1. The summed E-state index contributed by atoms with van der Waals surface area (Å²) in [5.74, 6) is 0.538. The molecule has 2 heterocycles. The van der Waals surface area contributed by atoms with Crippen molar-refractivity contribution in [1.82, 2.24) is 15.1 Å². The highest BCUT2D eigenvalue weighted by atomic mass is 32.2. The third kappa shape index (κ3) is 3.17. The first-order chi connectivity index (χ1) is 8.94. The molecule has 0 amide bonds. The molecule has 1 aromatic rings. The van der Waals surface area contributed by atoms with Crippen LogP contribution in [-0.2, 0) is 16.3 Å². The summed E-state index contributed by atoms with van der Waals surface area (Å²) in [5.41, 5.74) is 3.45. The minimum Gasteiger partial charge on any atom is -0.320 e. The van der Waals surface area contributed by atoms with E-state index in [9.17, 15) is 8.42 Å². The lowest BCUT2D eigenvalue weighted by Gasteiger charge is -2.11. The Labute approximate surface area is 115 Å². The maximum Gasteiger partial charge on any atom is 0.152 e. The summed E-state index contributed by atoms with van der Waals surface area (Å²) in [7, 11) is -0.905. The maximum absolute atomic E-state index is 11.6. The van der Waals surface area contributed by atoms with E-state index in [-0.39, 0.29) is 11.8 Å². The molecule has 5 nitrogen and oxygen atoms in total. The molecule has 6 heteroatoms. The van der Waals surface area contributed by atoms with Gasteiger partial charge in [0.15, 0.2) is 9.84 Å². The van der Waals surface area contributed by atoms with Crippen LogP contribution in [0.25, 0.3) is 0 Å². The SMILES string of the molecule is CNCCCc1c(C)nn(C2CCS(=O)(=O)C2)c1C. The summed E-state index contributed by atoms with van der Waals surface area (Å²) in [5, 5.41) is 7.71. The number of sulfone groups is 1. The van der Waals surface area contributed by atoms with Crippen molar-refractivity contribution in [1.29, 1.82) is 0 Å². The summed E-state index contributed by atoms with van der Waals surface area (Å²) in [6.07, 6.45) is 2.77. The summed E-state index contributed by atoms with van der Waals surface area (Å²) >= 11 is 0. The van der Waals surface area contributed by atoms with Gasteiger partial charge in [-0.15, -0.1) is 0 Å². The van der Waals surface area contributed by atoms with Crippen LogP contribution in [0.3, 0.4) is 0 Å². The fourth-order valence-electron chi connectivity index (χ4n) is 2.82. The molecule has 0 saturated carbocycles. The second-order valence-electron chi connectivity index (χ2n) is 5.36. The number of nitrogens with zero attached hydrogens (tertiary/aromatic N) is 2. The zero-order valence-electron chi connectivity index (χ0n) is 11.9. The summed E-state index contributed by atoms with van der Waals surface area (Å²) in [6.45, 7) is 5.06. The largest absolute Gasteiger partial charge is 0.320 e. The Kier molecular flexibility index (Phi) is 4.30. The van der Waals surface area contributed by atoms with Gasteiger partial charge in [-0.25, -0.2) is 8.42 Å². The van der Waals surface area contributed by atoms with Gasteiger partial charge in [-0.1, -0.05) is 0 Å². The van der Waals surface area contributed by atoms with Gasteiger partial charge in [0, 0.05) is 5.69 Å². The van der Waals surface area contributed by atoms with Crippen molar-refractivity contribution in [2.24, 2.45) is 0 Å². The van der Waals surface area contributed by atoms with E-state index < -0.39 is 9.84 Å². The Morgan fingerprint density at radius 3 is 2.74 bits per heavy atom. The molecule has 2 rings (SSSR count). The first kappa shape index (κ1) is 14.5. The highest BCUT2D eigenvalue weighted by molar-refractivity contribution is 7.91. The van der Waals surface area contributed by atoms with Crippen molar-refractivity contribution in [3.05, 3.63) is 17.0 Å². The van der Waals surface area contributed by atoms with Crippen molar-refractivity contribution in [2.75, 3.05) is 25.1 Å². The van der Waals surface area contributed by atoms with Gasteiger partial charge in [-0.05, 0) is 52.3 Å². The molecular weight excluding hydrogens is 262 g/mol. The van der Waals surface area contributed by atoms with Crippen molar-refractivity contribution in [3.8, 4) is 0 Å². The van der Waals surface area contributed by atoms with Crippen LogP contribution in [0.15, 0.2) is 0 Å². The Morgan fingerprint density at radius 2 is 2.16 bits per heavy atom. The Hall–Kier alpha value is -0.880. The first-order valence-corrected chi connectivity index (χ1v) is 8.66. The molecule has 1 fully saturated rings. The van der Waals surface area contributed by atoms with E-state index in [0.717, 1.165) is 30.8 Å². The molecule has 1 aliphatic rings.